The maximum Gasteiger partial charge on any atom is 0.442 e. The Labute approximate surface area is 161 Å². The molecule has 1 atom stereocenters. The number of aromatic nitrogens is 2. The van der Waals surface area contributed by atoms with E-state index in [1.807, 2.05) is 0 Å². The van der Waals surface area contributed by atoms with E-state index in [0.717, 1.165) is 30.3 Å². The fourth-order valence-corrected chi connectivity index (χ4v) is 2.99. The van der Waals surface area contributed by atoms with Gasteiger partial charge in [-0.1, -0.05) is 17.7 Å². The molecule has 1 aromatic heterocycles. The summed E-state index contributed by atoms with van der Waals surface area (Å²) in [6, 6.07) is 5.33. The molecule has 0 N–H and O–H groups in total. The van der Waals surface area contributed by atoms with Crippen LogP contribution in [-0.2, 0) is 0 Å². The van der Waals surface area contributed by atoms with Crippen LogP contribution in [-0.4, -0.2) is 20.7 Å². The van der Waals surface area contributed by atoms with E-state index in [0.29, 0.717) is 10.7 Å². The quantitative estimate of drug-likeness (QED) is 0.313. The molecule has 1 unspecified atom stereocenters. The summed E-state index contributed by atoms with van der Waals surface area (Å²) < 4.78 is 86.2. The van der Waals surface area contributed by atoms with Gasteiger partial charge in [-0.05, 0) is 42.1 Å². The van der Waals surface area contributed by atoms with Gasteiger partial charge in [0.2, 0.25) is 5.63 Å². The summed E-state index contributed by atoms with van der Waals surface area (Å²) in [7, 11) is 0. The first kappa shape index (κ1) is 20.3. The van der Waals surface area contributed by atoms with Crippen molar-refractivity contribution in [1.29, 1.82) is 0 Å². The third-order valence-corrected chi connectivity index (χ3v) is 4.75. The van der Waals surface area contributed by atoms with Crippen molar-refractivity contribution in [2.24, 2.45) is 0 Å². The number of hydrogen-bond donors (Lipinski definition) is 0. The molecule has 4 nitrogen and oxygen atoms in total. The Morgan fingerprint density at radius 2 is 1.75 bits per heavy atom. The molecule has 28 heavy (non-hydrogen) atoms. The van der Waals surface area contributed by atoms with Crippen LogP contribution in [0.1, 0.15) is 0 Å². The van der Waals surface area contributed by atoms with Crippen molar-refractivity contribution in [2.75, 3.05) is 0 Å². The first-order valence-electron chi connectivity index (χ1n) is 7.29. The van der Waals surface area contributed by atoms with Gasteiger partial charge in [-0.25, -0.2) is 22.4 Å². The van der Waals surface area contributed by atoms with Crippen molar-refractivity contribution in [3.63, 3.8) is 0 Å². The molecule has 3 aromatic rings. The van der Waals surface area contributed by atoms with E-state index in [1.54, 1.807) is 0 Å². The molecule has 0 aliphatic carbocycles. The van der Waals surface area contributed by atoms with E-state index in [2.05, 4.69) is 9.52 Å². The van der Waals surface area contributed by atoms with Crippen LogP contribution in [0.3, 0.4) is 0 Å². The number of benzene rings is 2. The zero-order valence-corrected chi connectivity index (χ0v) is 14.9. The third-order valence-electron chi connectivity index (χ3n) is 3.38. The molecule has 0 aliphatic rings. The number of hydrogen-bond acceptors (Lipinski definition) is 4. The smallest absolute Gasteiger partial charge is 0.387 e. The molecular weight excluding hydrogens is 434 g/mol. The largest absolute Gasteiger partial charge is 0.442 e. The van der Waals surface area contributed by atoms with Crippen LogP contribution in [0.2, 0.25) is 0 Å². The number of thioether (sulfide) groups is 1. The minimum Gasteiger partial charge on any atom is -0.387 e. The zero-order chi connectivity index (χ0) is 20.6. The van der Waals surface area contributed by atoms with E-state index in [1.165, 1.54) is 0 Å². The summed E-state index contributed by atoms with van der Waals surface area (Å²) >= 11 is 4.40. The van der Waals surface area contributed by atoms with Crippen molar-refractivity contribution in [3.8, 4) is 17.1 Å². The van der Waals surface area contributed by atoms with Gasteiger partial charge in [-0.15, -0.1) is 5.10 Å². The van der Waals surface area contributed by atoms with Crippen LogP contribution < -0.4 is 5.76 Å². The van der Waals surface area contributed by atoms with Crippen LogP contribution in [0.4, 0.5) is 26.3 Å². The molecule has 0 bridgehead atoms. The van der Waals surface area contributed by atoms with Gasteiger partial charge >= 0.3 is 11.0 Å². The van der Waals surface area contributed by atoms with E-state index >= 15 is 0 Å². The highest BCUT2D eigenvalue weighted by Gasteiger charge is 2.40. The average Bonchev–Trinajstić information content (AvgIpc) is 2.95. The maximum atomic E-state index is 14.3. The molecule has 0 spiro atoms. The molecule has 0 radical (unpaired) electrons. The fraction of sp³-hybridized carbons (Fsp3) is 0.125. The monoisotopic (exact) mass is 440 g/mol. The molecule has 2 aromatic carbocycles. The van der Waals surface area contributed by atoms with Gasteiger partial charge in [0.15, 0.2) is 0 Å². The van der Waals surface area contributed by atoms with E-state index in [4.69, 9.17) is 11.6 Å². The van der Waals surface area contributed by atoms with Crippen LogP contribution in [0, 0.1) is 17.5 Å². The second kappa shape index (κ2) is 7.55. The molecule has 0 saturated carbocycles. The van der Waals surface area contributed by atoms with Gasteiger partial charge in [-0.2, -0.15) is 13.5 Å². The minimum atomic E-state index is -4.02. The Balaban J connectivity index is 1.99. The predicted molar refractivity (Wildman–Crippen MR) is 89.0 cm³/mol. The van der Waals surface area contributed by atoms with Crippen LogP contribution >= 0.6 is 23.4 Å². The van der Waals surface area contributed by atoms with Crippen LogP contribution in [0.15, 0.2) is 50.5 Å². The Kier molecular flexibility index (Phi) is 5.48. The minimum absolute atomic E-state index is 0.328. The number of nitrogens with zero attached hydrogens (tertiary/aromatic N) is 2. The summed E-state index contributed by atoms with van der Waals surface area (Å²) in [6.45, 7) is 0. The van der Waals surface area contributed by atoms with Crippen molar-refractivity contribution in [1.82, 2.24) is 9.78 Å². The highest BCUT2D eigenvalue weighted by Crippen LogP contribution is 2.41. The highest BCUT2D eigenvalue weighted by atomic mass is 35.5. The summed E-state index contributed by atoms with van der Waals surface area (Å²) in [4.78, 5) is 11.5. The van der Waals surface area contributed by atoms with E-state index in [-0.39, 0.29) is 16.7 Å². The van der Waals surface area contributed by atoms with Gasteiger partial charge < -0.3 is 4.42 Å². The Hall–Kier alpha value is -2.40. The summed E-state index contributed by atoms with van der Waals surface area (Å²) in [5, 5.41) is -0.471. The Morgan fingerprint density at radius 3 is 2.32 bits per heavy atom. The lowest BCUT2D eigenvalue weighted by Crippen LogP contribution is -2.20. The number of halogens is 7. The molecule has 3 rings (SSSR count). The lowest BCUT2D eigenvalue weighted by atomic mass is 10.2. The van der Waals surface area contributed by atoms with Crippen LogP contribution in [0.25, 0.3) is 17.1 Å². The number of alkyl halides is 4. The standard InChI is InChI=1S/C16H7ClF6N2O2S/c17-14(21)16(22,23)28-7-4-5-11(10(20)6-7)25-15(26)27-13(24-25)12-8(18)2-1-3-9(12)19/h1-6,14H. The maximum absolute atomic E-state index is 14.3. The van der Waals surface area contributed by atoms with Crippen molar-refractivity contribution < 1.29 is 30.8 Å². The molecule has 0 saturated heterocycles. The molecule has 0 fully saturated rings. The topological polar surface area (TPSA) is 48.0 Å². The summed E-state index contributed by atoms with van der Waals surface area (Å²) in [5.74, 6) is -5.34. The second-order valence-corrected chi connectivity index (χ2v) is 6.86. The lowest BCUT2D eigenvalue weighted by Gasteiger charge is -2.15. The van der Waals surface area contributed by atoms with Crippen molar-refractivity contribution in [2.45, 2.75) is 15.8 Å². The van der Waals surface area contributed by atoms with Gasteiger partial charge in [0.1, 0.15) is 28.7 Å². The molecular formula is C16H7ClF6N2O2S. The Morgan fingerprint density at radius 1 is 1.11 bits per heavy atom. The van der Waals surface area contributed by atoms with Crippen molar-refractivity contribution >= 4 is 23.4 Å². The lowest BCUT2D eigenvalue weighted by molar-refractivity contribution is 0.0537. The average molecular weight is 441 g/mol. The molecule has 1 heterocycles. The predicted octanol–water partition coefficient (Wildman–Crippen LogP) is 5.13. The molecule has 0 aliphatic heterocycles. The van der Waals surface area contributed by atoms with Gasteiger partial charge in [0.25, 0.3) is 5.89 Å². The highest BCUT2D eigenvalue weighted by molar-refractivity contribution is 8.00. The van der Waals surface area contributed by atoms with Crippen molar-refractivity contribution in [3.05, 3.63) is 64.4 Å². The normalized spacial score (nSPS) is 13.0. The summed E-state index contributed by atoms with van der Waals surface area (Å²) in [5.41, 5.74) is -4.27. The second-order valence-electron chi connectivity index (χ2n) is 5.26. The molecule has 0 amide bonds. The van der Waals surface area contributed by atoms with Crippen LogP contribution in [0.5, 0.6) is 0 Å². The first-order chi connectivity index (χ1) is 13.1. The first-order valence-corrected chi connectivity index (χ1v) is 8.55. The van der Waals surface area contributed by atoms with Gasteiger partial charge in [0.05, 0.1) is 0 Å². The summed E-state index contributed by atoms with van der Waals surface area (Å²) in [6.07, 6.45) is 0. The van der Waals surface area contributed by atoms with Gasteiger partial charge in [-0.3, -0.25) is 0 Å². The number of rotatable bonds is 5. The van der Waals surface area contributed by atoms with E-state index < -0.39 is 51.2 Å². The fourth-order valence-electron chi connectivity index (χ4n) is 2.16. The van der Waals surface area contributed by atoms with Gasteiger partial charge in [0, 0.05) is 4.90 Å². The Bertz CT molecular complexity index is 1060. The molecule has 12 heteroatoms. The van der Waals surface area contributed by atoms with E-state index in [9.17, 15) is 31.1 Å². The molecule has 148 valence electrons. The zero-order valence-electron chi connectivity index (χ0n) is 13.3. The SMILES string of the molecule is O=c1oc(-c2c(F)cccc2F)nn1-c1ccc(SC(F)(F)C(F)Cl)cc1F. The third kappa shape index (κ3) is 3.90.